The van der Waals surface area contributed by atoms with E-state index < -0.39 is 0 Å². The third-order valence-corrected chi connectivity index (χ3v) is 5.02. The van der Waals surface area contributed by atoms with Crippen molar-refractivity contribution in [3.05, 3.63) is 40.8 Å². The highest BCUT2D eigenvalue weighted by Crippen LogP contribution is 2.26. The molecule has 0 bridgehead atoms. The van der Waals surface area contributed by atoms with Gasteiger partial charge in [0.05, 0.1) is 0 Å². The van der Waals surface area contributed by atoms with E-state index in [0.29, 0.717) is 5.92 Å². The Morgan fingerprint density at radius 1 is 1.38 bits per heavy atom. The predicted octanol–water partition coefficient (Wildman–Crippen LogP) is 3.34. The van der Waals surface area contributed by atoms with E-state index in [2.05, 4.69) is 59.0 Å². The van der Waals surface area contributed by atoms with Crippen molar-refractivity contribution in [1.29, 1.82) is 0 Å². The number of nitrogens with one attached hydrogen (secondary N) is 2. The molecule has 0 aliphatic heterocycles. The molecule has 0 amide bonds. The first-order valence-electron chi connectivity index (χ1n) is 7.97. The van der Waals surface area contributed by atoms with E-state index in [1.165, 1.54) is 4.88 Å². The number of guanidine groups is 1. The topological polar surface area (TPSA) is 54.2 Å². The molecule has 2 aromatic rings. The Labute approximate surface area is 166 Å². The number of nitrogens with zero attached hydrogens (tertiary/aromatic N) is 3. The lowest BCUT2D eigenvalue weighted by molar-refractivity contribution is 0.441. The number of aliphatic imine (C=N–C) groups is 1. The predicted molar refractivity (Wildman–Crippen MR) is 114 cm³/mol. The Hall–Kier alpha value is -1.09. The molecule has 2 heterocycles. The summed E-state index contributed by atoms with van der Waals surface area (Å²) in [6.07, 6.45) is 3.81. The molecule has 24 heavy (non-hydrogen) atoms. The summed E-state index contributed by atoms with van der Waals surface area (Å²) < 4.78 is 1.96. The number of rotatable bonds is 7. The van der Waals surface area contributed by atoms with Gasteiger partial charge in [-0.3, -0.25) is 9.67 Å². The second-order valence-electron chi connectivity index (χ2n) is 6.50. The van der Waals surface area contributed by atoms with Crippen LogP contribution in [0.1, 0.15) is 25.6 Å². The van der Waals surface area contributed by atoms with E-state index in [1.807, 2.05) is 30.2 Å². The maximum atomic E-state index is 4.32. The second-order valence-corrected chi connectivity index (χ2v) is 7.45. The van der Waals surface area contributed by atoms with Gasteiger partial charge >= 0.3 is 0 Å². The van der Waals surface area contributed by atoms with Gasteiger partial charge in [0.15, 0.2) is 5.96 Å². The van der Waals surface area contributed by atoms with Gasteiger partial charge in [-0.05, 0) is 23.4 Å². The number of hydrogen-bond donors (Lipinski definition) is 2. The van der Waals surface area contributed by atoms with Gasteiger partial charge in [0.2, 0.25) is 0 Å². The van der Waals surface area contributed by atoms with Crippen LogP contribution in [0.3, 0.4) is 0 Å². The fraction of sp³-hybridized carbons (Fsp3) is 0.529. The van der Waals surface area contributed by atoms with Crippen molar-refractivity contribution < 1.29 is 0 Å². The van der Waals surface area contributed by atoms with Crippen LogP contribution < -0.4 is 10.6 Å². The minimum absolute atomic E-state index is 0. The lowest BCUT2D eigenvalue weighted by Gasteiger charge is -2.25. The van der Waals surface area contributed by atoms with Gasteiger partial charge in [0, 0.05) is 49.4 Å². The molecular weight excluding hydrogens is 433 g/mol. The number of thiophene rings is 1. The molecule has 1 unspecified atom stereocenters. The van der Waals surface area contributed by atoms with Gasteiger partial charge in [-0.15, -0.1) is 35.3 Å². The summed E-state index contributed by atoms with van der Waals surface area (Å²) in [6, 6.07) is 6.24. The van der Waals surface area contributed by atoms with E-state index in [9.17, 15) is 0 Å². The third kappa shape index (κ3) is 6.43. The molecule has 7 heteroatoms. The van der Waals surface area contributed by atoms with E-state index in [4.69, 9.17) is 0 Å². The molecule has 5 nitrogen and oxygen atoms in total. The first kappa shape index (κ1) is 21.0. The SMILES string of the molecule is CN=C(NCC(C)Cn1cccn1)NCC(C)(C)c1cccs1.I. The van der Waals surface area contributed by atoms with Crippen molar-refractivity contribution >= 4 is 41.3 Å². The van der Waals surface area contributed by atoms with Crippen LogP contribution in [0, 0.1) is 5.92 Å². The summed E-state index contributed by atoms with van der Waals surface area (Å²) in [5.41, 5.74) is 0.0897. The summed E-state index contributed by atoms with van der Waals surface area (Å²) >= 11 is 1.80. The minimum atomic E-state index is 0. The van der Waals surface area contributed by atoms with Crippen LogP contribution in [0.2, 0.25) is 0 Å². The highest BCUT2D eigenvalue weighted by Gasteiger charge is 2.21. The van der Waals surface area contributed by atoms with Crippen LogP contribution in [0.15, 0.2) is 41.0 Å². The second kappa shape index (κ2) is 10.0. The molecule has 0 saturated heterocycles. The van der Waals surface area contributed by atoms with Crippen LogP contribution in [0.5, 0.6) is 0 Å². The monoisotopic (exact) mass is 461 g/mol. The average Bonchev–Trinajstić information content (AvgIpc) is 3.21. The zero-order chi connectivity index (χ0) is 16.7. The zero-order valence-electron chi connectivity index (χ0n) is 14.8. The number of hydrogen-bond acceptors (Lipinski definition) is 3. The van der Waals surface area contributed by atoms with E-state index >= 15 is 0 Å². The van der Waals surface area contributed by atoms with E-state index in [1.54, 1.807) is 11.3 Å². The Morgan fingerprint density at radius 2 is 2.17 bits per heavy atom. The molecule has 2 aromatic heterocycles. The van der Waals surface area contributed by atoms with Crippen molar-refractivity contribution in [1.82, 2.24) is 20.4 Å². The van der Waals surface area contributed by atoms with E-state index in [-0.39, 0.29) is 29.4 Å². The fourth-order valence-corrected chi connectivity index (χ4v) is 3.19. The van der Waals surface area contributed by atoms with E-state index in [0.717, 1.165) is 25.6 Å². The Bertz CT molecular complexity index is 593. The summed E-state index contributed by atoms with van der Waals surface area (Å²) in [5, 5.41) is 13.2. The molecule has 1 atom stereocenters. The van der Waals surface area contributed by atoms with Gasteiger partial charge in [-0.25, -0.2) is 0 Å². The minimum Gasteiger partial charge on any atom is -0.356 e. The van der Waals surface area contributed by atoms with Gasteiger partial charge in [-0.1, -0.05) is 26.8 Å². The first-order valence-corrected chi connectivity index (χ1v) is 8.85. The molecule has 2 N–H and O–H groups in total. The molecule has 0 fully saturated rings. The van der Waals surface area contributed by atoms with Crippen LogP contribution in [0.25, 0.3) is 0 Å². The van der Waals surface area contributed by atoms with Crippen molar-refractivity contribution in [3.63, 3.8) is 0 Å². The standard InChI is InChI=1S/C17H27N5S.HI/c1-14(12-22-9-6-8-21-22)11-19-16(18-4)20-13-17(2,3)15-7-5-10-23-15;/h5-10,14H,11-13H2,1-4H3,(H2,18,19,20);1H. The maximum Gasteiger partial charge on any atom is 0.191 e. The van der Waals surface area contributed by atoms with Crippen LogP contribution in [0.4, 0.5) is 0 Å². The smallest absolute Gasteiger partial charge is 0.191 e. The van der Waals surface area contributed by atoms with Gasteiger partial charge in [0.25, 0.3) is 0 Å². The van der Waals surface area contributed by atoms with Gasteiger partial charge in [-0.2, -0.15) is 5.10 Å². The van der Waals surface area contributed by atoms with Crippen LogP contribution in [-0.4, -0.2) is 35.9 Å². The molecule has 0 radical (unpaired) electrons. The first-order chi connectivity index (χ1) is 11.0. The number of aromatic nitrogens is 2. The van der Waals surface area contributed by atoms with Crippen molar-refractivity contribution in [2.45, 2.75) is 32.7 Å². The van der Waals surface area contributed by atoms with Crippen LogP contribution in [-0.2, 0) is 12.0 Å². The fourth-order valence-electron chi connectivity index (χ4n) is 2.34. The largest absolute Gasteiger partial charge is 0.356 e. The van der Waals surface area contributed by atoms with Crippen LogP contribution >= 0.6 is 35.3 Å². The quantitative estimate of drug-likeness (QED) is 0.378. The molecule has 0 aromatic carbocycles. The van der Waals surface area contributed by atoms with Crippen molar-refractivity contribution in [2.75, 3.05) is 20.1 Å². The molecule has 134 valence electrons. The Balaban J connectivity index is 0.00000288. The van der Waals surface area contributed by atoms with Crippen molar-refractivity contribution in [2.24, 2.45) is 10.9 Å². The maximum absolute atomic E-state index is 4.32. The molecule has 0 aliphatic rings. The van der Waals surface area contributed by atoms with Crippen molar-refractivity contribution in [3.8, 4) is 0 Å². The molecule has 0 aliphatic carbocycles. The zero-order valence-corrected chi connectivity index (χ0v) is 18.0. The van der Waals surface area contributed by atoms with Gasteiger partial charge in [0.1, 0.15) is 0 Å². The summed E-state index contributed by atoms with van der Waals surface area (Å²) in [5.74, 6) is 1.32. The molecular formula is C17H28IN5S. The third-order valence-electron chi connectivity index (χ3n) is 3.79. The lowest BCUT2D eigenvalue weighted by Crippen LogP contribution is -2.44. The summed E-state index contributed by atoms with van der Waals surface area (Å²) in [7, 11) is 1.81. The number of halogens is 1. The van der Waals surface area contributed by atoms with Gasteiger partial charge < -0.3 is 10.6 Å². The highest BCUT2D eigenvalue weighted by atomic mass is 127. The highest BCUT2D eigenvalue weighted by molar-refractivity contribution is 14.0. The Morgan fingerprint density at radius 3 is 2.75 bits per heavy atom. The average molecular weight is 461 g/mol. The Kier molecular flexibility index (Phi) is 8.75. The normalized spacial score (nSPS) is 13.2. The summed E-state index contributed by atoms with van der Waals surface area (Å²) in [4.78, 5) is 5.70. The summed E-state index contributed by atoms with van der Waals surface area (Å²) in [6.45, 7) is 9.31. The lowest BCUT2D eigenvalue weighted by atomic mass is 9.91. The molecule has 2 rings (SSSR count). The molecule has 0 saturated carbocycles. The molecule has 0 spiro atoms.